The van der Waals surface area contributed by atoms with E-state index in [-0.39, 0.29) is 10.8 Å². The summed E-state index contributed by atoms with van der Waals surface area (Å²) in [6.07, 6.45) is 0. The van der Waals surface area contributed by atoms with Gasteiger partial charge in [-0.05, 0) is 0 Å². The molecule has 0 saturated heterocycles. The molecular weight excluding hydrogens is 350 g/mol. The molecule has 0 heterocycles. The zero-order valence-corrected chi connectivity index (χ0v) is 18.5. The Kier molecular flexibility index (Phi) is 7.04. The number of halogens is 1. The van der Waals surface area contributed by atoms with Crippen LogP contribution in [0.15, 0.2) is 12.1 Å². The summed E-state index contributed by atoms with van der Waals surface area (Å²) in [5, 5.41) is 0. The number of hydrogen-bond donors (Lipinski definition) is 0. The molecule has 0 aliphatic rings. The maximum atomic E-state index is 6.49. The number of hydrogen-bond acceptors (Lipinski definition) is 1. The van der Waals surface area contributed by atoms with Gasteiger partial charge in [-0.25, -0.2) is 0 Å². The van der Waals surface area contributed by atoms with Crippen molar-refractivity contribution in [2.75, 3.05) is 13.1 Å². The Bertz CT molecular complexity index is 493. The van der Waals surface area contributed by atoms with Crippen molar-refractivity contribution >= 4 is 28.9 Å². The Labute approximate surface area is 148 Å². The van der Waals surface area contributed by atoms with Crippen molar-refractivity contribution < 1.29 is 0 Å². The van der Waals surface area contributed by atoms with Gasteiger partial charge in [0.15, 0.2) is 0 Å². The molecule has 0 aromatic heterocycles. The average molecular weight is 383 g/mol. The molecule has 0 amide bonds. The van der Waals surface area contributed by atoms with Crippen molar-refractivity contribution in [3.8, 4) is 0 Å². The SMILES string of the molecule is CCN(CC)Cc1cc(C(C)(C)C)cc(C(C)(C)C)[c]1[Ge][Cl]. The van der Waals surface area contributed by atoms with Crippen LogP contribution >= 0.6 is 10.0 Å². The summed E-state index contributed by atoms with van der Waals surface area (Å²) in [6, 6.07) is 4.82. The topological polar surface area (TPSA) is 3.24 Å². The van der Waals surface area contributed by atoms with E-state index in [1.54, 1.807) is 0 Å². The van der Waals surface area contributed by atoms with Crippen LogP contribution in [-0.2, 0) is 17.4 Å². The summed E-state index contributed by atoms with van der Waals surface area (Å²) < 4.78 is 1.45. The molecule has 1 nitrogen and oxygen atoms in total. The van der Waals surface area contributed by atoms with Crippen molar-refractivity contribution in [2.45, 2.75) is 72.8 Å². The Balaban J connectivity index is 3.51. The van der Waals surface area contributed by atoms with Crippen molar-refractivity contribution in [1.82, 2.24) is 4.90 Å². The number of benzene rings is 1. The summed E-state index contributed by atoms with van der Waals surface area (Å²) in [6.45, 7) is 21.5. The fraction of sp³-hybridized carbons (Fsp3) is 0.684. The van der Waals surface area contributed by atoms with E-state index >= 15 is 0 Å². The molecule has 0 spiro atoms. The van der Waals surface area contributed by atoms with E-state index in [1.807, 2.05) is 0 Å². The van der Waals surface area contributed by atoms with Gasteiger partial charge in [-0.3, -0.25) is 0 Å². The summed E-state index contributed by atoms with van der Waals surface area (Å²) >= 11 is -0.588. The first-order valence-corrected chi connectivity index (χ1v) is 12.1. The van der Waals surface area contributed by atoms with Gasteiger partial charge in [0.2, 0.25) is 0 Å². The van der Waals surface area contributed by atoms with Crippen LogP contribution in [0, 0.1) is 0 Å². The van der Waals surface area contributed by atoms with Gasteiger partial charge in [0.05, 0.1) is 0 Å². The molecule has 0 aliphatic carbocycles. The molecule has 3 heteroatoms. The molecule has 124 valence electrons. The molecule has 1 aromatic rings. The average Bonchev–Trinajstić information content (AvgIpc) is 2.41. The van der Waals surface area contributed by atoms with Crippen molar-refractivity contribution in [3.63, 3.8) is 0 Å². The fourth-order valence-electron chi connectivity index (χ4n) is 2.65. The Morgan fingerprint density at radius 3 is 1.86 bits per heavy atom. The van der Waals surface area contributed by atoms with Crippen LogP contribution in [0.4, 0.5) is 0 Å². The van der Waals surface area contributed by atoms with Gasteiger partial charge in [0, 0.05) is 0 Å². The summed E-state index contributed by atoms with van der Waals surface area (Å²) in [7, 11) is 6.49. The third-order valence-electron chi connectivity index (χ3n) is 4.28. The molecule has 0 saturated carbocycles. The quantitative estimate of drug-likeness (QED) is 0.673. The zero-order chi connectivity index (χ0) is 17.1. The van der Waals surface area contributed by atoms with Gasteiger partial charge >= 0.3 is 148 Å². The molecular formula is C19H32ClGeN. The van der Waals surface area contributed by atoms with Gasteiger partial charge in [0.1, 0.15) is 0 Å². The summed E-state index contributed by atoms with van der Waals surface area (Å²) in [5.41, 5.74) is 4.66. The van der Waals surface area contributed by atoms with Crippen molar-refractivity contribution in [2.24, 2.45) is 0 Å². The van der Waals surface area contributed by atoms with Crippen molar-refractivity contribution in [3.05, 3.63) is 28.8 Å². The molecule has 0 N–H and O–H groups in total. The zero-order valence-electron chi connectivity index (χ0n) is 15.6. The van der Waals surface area contributed by atoms with Crippen LogP contribution < -0.4 is 4.40 Å². The van der Waals surface area contributed by atoms with E-state index in [0.29, 0.717) is 0 Å². The first kappa shape index (κ1) is 20.1. The first-order chi connectivity index (χ1) is 10.0. The van der Waals surface area contributed by atoms with Gasteiger partial charge in [-0.2, -0.15) is 0 Å². The maximum absolute atomic E-state index is 6.49. The molecule has 1 aromatic carbocycles. The Hall–Kier alpha value is 0.0129. The molecule has 0 aliphatic heterocycles. The minimum absolute atomic E-state index is 0.146. The summed E-state index contributed by atoms with van der Waals surface area (Å²) in [4.78, 5) is 2.48. The third-order valence-corrected chi connectivity index (χ3v) is 6.89. The standard InChI is InChI=1S/C19H32ClGeN/c1-9-22(10-2)13-14-11-15(18(3,4)5)12-16(17(14)21-20)19(6,7)8/h11-12H,9-10,13H2,1-8H3. The molecule has 0 atom stereocenters. The van der Waals surface area contributed by atoms with E-state index < -0.39 is 14.5 Å². The predicted molar refractivity (Wildman–Crippen MR) is 102 cm³/mol. The van der Waals surface area contributed by atoms with Gasteiger partial charge in [-0.15, -0.1) is 0 Å². The van der Waals surface area contributed by atoms with Crippen LogP contribution in [0.3, 0.4) is 0 Å². The van der Waals surface area contributed by atoms with E-state index in [9.17, 15) is 0 Å². The number of rotatable bonds is 5. The monoisotopic (exact) mass is 383 g/mol. The predicted octanol–water partition coefficient (Wildman–Crippen LogP) is 4.61. The van der Waals surface area contributed by atoms with E-state index in [1.165, 1.54) is 21.1 Å². The third kappa shape index (κ3) is 5.01. The summed E-state index contributed by atoms with van der Waals surface area (Å²) in [5.74, 6) is 0. The van der Waals surface area contributed by atoms with Gasteiger partial charge in [-0.1, -0.05) is 0 Å². The van der Waals surface area contributed by atoms with Crippen LogP contribution in [0.5, 0.6) is 0 Å². The Morgan fingerprint density at radius 1 is 0.955 bits per heavy atom. The second kappa shape index (κ2) is 7.72. The van der Waals surface area contributed by atoms with Gasteiger partial charge in [0.25, 0.3) is 0 Å². The fourth-order valence-corrected chi connectivity index (χ4v) is 5.53. The molecule has 0 unspecified atom stereocenters. The molecule has 22 heavy (non-hydrogen) atoms. The van der Waals surface area contributed by atoms with Crippen LogP contribution in [-0.4, -0.2) is 32.5 Å². The van der Waals surface area contributed by atoms with Crippen molar-refractivity contribution in [1.29, 1.82) is 0 Å². The molecule has 1 rings (SSSR count). The number of nitrogens with zero attached hydrogens (tertiary/aromatic N) is 1. The molecule has 2 radical (unpaired) electrons. The minimum atomic E-state index is -0.588. The van der Waals surface area contributed by atoms with E-state index in [2.05, 4.69) is 72.4 Å². The van der Waals surface area contributed by atoms with Crippen LogP contribution in [0.1, 0.15) is 72.1 Å². The molecule has 0 bridgehead atoms. The van der Waals surface area contributed by atoms with Crippen LogP contribution in [0.2, 0.25) is 0 Å². The first-order valence-electron chi connectivity index (χ1n) is 8.31. The normalized spacial score (nSPS) is 13.0. The molecule has 0 fully saturated rings. The van der Waals surface area contributed by atoms with Crippen LogP contribution in [0.25, 0.3) is 0 Å². The second-order valence-electron chi connectivity index (χ2n) is 8.11. The Morgan fingerprint density at radius 2 is 1.50 bits per heavy atom. The second-order valence-corrected chi connectivity index (χ2v) is 10.5. The van der Waals surface area contributed by atoms with E-state index in [4.69, 9.17) is 10.0 Å². The van der Waals surface area contributed by atoms with Gasteiger partial charge < -0.3 is 0 Å². The van der Waals surface area contributed by atoms with E-state index in [0.717, 1.165) is 19.6 Å².